The van der Waals surface area contributed by atoms with Crippen molar-refractivity contribution in [1.29, 1.82) is 0 Å². The molecule has 0 saturated carbocycles. The maximum Gasteiger partial charge on any atom is 0.169 e. The van der Waals surface area contributed by atoms with Crippen LogP contribution in [-0.2, 0) is 6.42 Å². The van der Waals surface area contributed by atoms with Gasteiger partial charge < -0.3 is 20.0 Å². The minimum Gasteiger partial charge on any atom is -0.363 e. The van der Waals surface area contributed by atoms with E-state index in [2.05, 4.69) is 39.4 Å². The summed E-state index contributed by atoms with van der Waals surface area (Å²) in [4.78, 5) is 6.33. The Morgan fingerprint density at radius 3 is 2.24 bits per heavy atom. The topological polar surface area (TPSA) is 21.8 Å². The van der Waals surface area contributed by atoms with Gasteiger partial charge in [0.1, 0.15) is 8.64 Å². The van der Waals surface area contributed by atoms with E-state index in [4.69, 9.17) is 36.7 Å². The summed E-state index contributed by atoms with van der Waals surface area (Å²) >= 11 is 17.8. The summed E-state index contributed by atoms with van der Waals surface area (Å²) < 4.78 is 1.65. The summed E-state index contributed by atoms with van der Waals surface area (Å²) in [5.74, 6) is 0. The van der Waals surface area contributed by atoms with Crippen molar-refractivity contribution in [3.63, 3.8) is 0 Å². The molecule has 0 spiro atoms. The van der Waals surface area contributed by atoms with E-state index in [-0.39, 0.29) is 0 Å². The van der Waals surface area contributed by atoms with Crippen LogP contribution in [0.15, 0.2) is 30.3 Å². The highest BCUT2D eigenvalue weighted by Crippen LogP contribution is 2.15. The first kappa shape index (κ1) is 20.4. The molecular formula is C17H24N4S4. The first-order chi connectivity index (χ1) is 12.0. The molecule has 0 aliphatic carbocycles. The number of nitrogens with one attached hydrogen (secondary N) is 1. The number of hydrogen-bond acceptors (Lipinski definition) is 4. The zero-order valence-corrected chi connectivity index (χ0v) is 17.9. The van der Waals surface area contributed by atoms with Crippen LogP contribution in [0.25, 0.3) is 0 Å². The Hall–Kier alpha value is -0.960. The lowest BCUT2D eigenvalue weighted by Gasteiger charge is -2.37. The summed E-state index contributed by atoms with van der Waals surface area (Å²) in [5, 5.41) is 4.20. The van der Waals surface area contributed by atoms with E-state index in [1.165, 1.54) is 17.3 Å². The van der Waals surface area contributed by atoms with Crippen molar-refractivity contribution in [1.82, 2.24) is 20.0 Å². The monoisotopic (exact) mass is 412 g/mol. The molecule has 0 radical (unpaired) electrons. The Kier molecular flexibility index (Phi) is 8.35. The summed E-state index contributed by atoms with van der Waals surface area (Å²) in [6.45, 7) is 4.37. The van der Waals surface area contributed by atoms with E-state index in [0.717, 1.165) is 52.9 Å². The molecule has 1 heterocycles. The summed E-state index contributed by atoms with van der Waals surface area (Å²) in [6.07, 6.45) is 0.976. The van der Waals surface area contributed by atoms with E-state index < -0.39 is 0 Å². The third kappa shape index (κ3) is 6.69. The molecule has 1 aromatic carbocycles. The maximum atomic E-state index is 5.53. The predicted molar refractivity (Wildman–Crippen MR) is 120 cm³/mol. The van der Waals surface area contributed by atoms with E-state index in [1.807, 2.05) is 25.1 Å². The molecule has 0 atom stereocenters. The number of thioether (sulfide) groups is 1. The number of piperazine rings is 1. The minimum atomic E-state index is 0.797. The van der Waals surface area contributed by atoms with Crippen molar-refractivity contribution < 1.29 is 0 Å². The summed E-state index contributed by atoms with van der Waals surface area (Å²) in [6, 6.07) is 10.4. The molecule has 4 nitrogen and oxygen atoms in total. The lowest BCUT2D eigenvalue weighted by atomic mass is 10.1. The molecule has 2 rings (SSSR count). The molecule has 1 aromatic rings. The van der Waals surface area contributed by atoms with Crippen molar-refractivity contribution in [2.45, 2.75) is 6.42 Å². The second kappa shape index (κ2) is 10.3. The Bertz CT molecular complexity index is 598. The smallest absolute Gasteiger partial charge is 0.169 e. The van der Waals surface area contributed by atoms with E-state index in [0.29, 0.717) is 0 Å². The van der Waals surface area contributed by atoms with Gasteiger partial charge >= 0.3 is 0 Å². The summed E-state index contributed by atoms with van der Waals surface area (Å²) in [5.41, 5.74) is 1.32. The van der Waals surface area contributed by atoms with Gasteiger partial charge in [0, 0.05) is 46.8 Å². The van der Waals surface area contributed by atoms with Crippen molar-refractivity contribution in [3.05, 3.63) is 35.9 Å². The Morgan fingerprint density at radius 1 is 1.04 bits per heavy atom. The van der Waals surface area contributed by atoms with E-state index in [1.54, 1.807) is 0 Å². The third-order valence-electron chi connectivity index (χ3n) is 3.90. The van der Waals surface area contributed by atoms with Crippen molar-refractivity contribution in [2.24, 2.45) is 0 Å². The Morgan fingerprint density at radius 2 is 1.64 bits per heavy atom. The fourth-order valence-corrected chi connectivity index (χ4v) is 4.14. The maximum absolute atomic E-state index is 5.53. The van der Waals surface area contributed by atoms with Gasteiger partial charge in [-0.3, -0.25) is 0 Å². The fourth-order valence-electron chi connectivity index (χ4n) is 2.39. The molecule has 1 aliphatic heterocycles. The molecular weight excluding hydrogens is 388 g/mol. The molecule has 0 unspecified atom stereocenters. The van der Waals surface area contributed by atoms with Crippen LogP contribution in [-0.4, -0.2) is 75.3 Å². The van der Waals surface area contributed by atoms with Gasteiger partial charge in [0.15, 0.2) is 5.11 Å². The van der Waals surface area contributed by atoms with Gasteiger partial charge in [0.25, 0.3) is 0 Å². The number of rotatable bonds is 3. The Balaban J connectivity index is 1.69. The lowest BCUT2D eigenvalue weighted by Crippen LogP contribution is -2.52. The second-order valence-corrected chi connectivity index (χ2v) is 8.62. The molecule has 0 bridgehead atoms. The second-order valence-electron chi connectivity index (χ2n) is 5.97. The molecule has 1 fully saturated rings. The highest BCUT2D eigenvalue weighted by molar-refractivity contribution is 8.37. The zero-order chi connectivity index (χ0) is 18.2. The highest BCUT2D eigenvalue weighted by atomic mass is 32.2. The molecule has 25 heavy (non-hydrogen) atoms. The normalized spacial score (nSPS) is 14.2. The van der Waals surface area contributed by atoms with Crippen LogP contribution in [0.1, 0.15) is 5.56 Å². The minimum absolute atomic E-state index is 0.797. The SMILES string of the molecule is CN(C)C(=S)SC(=S)N1CCN(C(=S)NCCc2ccccc2)CC1. The van der Waals surface area contributed by atoms with Gasteiger partial charge in [-0.1, -0.05) is 54.8 Å². The highest BCUT2D eigenvalue weighted by Gasteiger charge is 2.21. The first-order valence-electron chi connectivity index (χ1n) is 8.22. The van der Waals surface area contributed by atoms with Gasteiger partial charge in [-0.25, -0.2) is 0 Å². The average molecular weight is 413 g/mol. The van der Waals surface area contributed by atoms with E-state index in [9.17, 15) is 0 Å². The Labute approximate surface area is 170 Å². The number of thiocarbonyl (C=S) groups is 3. The molecule has 1 aliphatic rings. The summed E-state index contributed by atoms with van der Waals surface area (Å²) in [7, 11) is 3.88. The standard InChI is InChI=1S/C17H24N4S4/c1-19(2)16(23)25-17(24)21-12-10-20(11-13-21)15(22)18-9-8-14-6-4-3-5-7-14/h3-7H,8-13H2,1-2H3,(H,18,22). The largest absolute Gasteiger partial charge is 0.363 e. The van der Waals surface area contributed by atoms with Crippen LogP contribution in [0.3, 0.4) is 0 Å². The number of benzene rings is 1. The first-order valence-corrected chi connectivity index (χ1v) is 10.3. The van der Waals surface area contributed by atoms with Crippen molar-refractivity contribution >= 4 is 62.2 Å². The molecule has 136 valence electrons. The molecule has 1 saturated heterocycles. The van der Waals surface area contributed by atoms with E-state index >= 15 is 0 Å². The molecule has 0 amide bonds. The van der Waals surface area contributed by atoms with Crippen LogP contribution in [0.4, 0.5) is 0 Å². The average Bonchev–Trinajstić information content (AvgIpc) is 2.62. The number of nitrogens with zero attached hydrogens (tertiary/aromatic N) is 3. The quantitative estimate of drug-likeness (QED) is 0.756. The molecule has 8 heteroatoms. The molecule has 1 N–H and O–H groups in total. The van der Waals surface area contributed by atoms with Crippen LogP contribution >= 0.6 is 48.4 Å². The number of hydrogen-bond donors (Lipinski definition) is 1. The van der Waals surface area contributed by atoms with Gasteiger partial charge in [0.2, 0.25) is 0 Å². The van der Waals surface area contributed by atoms with Gasteiger partial charge in [0.05, 0.1) is 0 Å². The van der Waals surface area contributed by atoms with Crippen LogP contribution in [0.5, 0.6) is 0 Å². The molecule has 0 aromatic heterocycles. The van der Waals surface area contributed by atoms with Gasteiger partial charge in [-0.15, -0.1) is 0 Å². The zero-order valence-electron chi connectivity index (χ0n) is 14.6. The predicted octanol–water partition coefficient (Wildman–Crippen LogP) is 2.59. The van der Waals surface area contributed by atoms with Crippen LogP contribution < -0.4 is 5.32 Å². The third-order valence-corrected chi connectivity index (χ3v) is 6.40. The van der Waals surface area contributed by atoms with Crippen LogP contribution in [0.2, 0.25) is 0 Å². The van der Waals surface area contributed by atoms with Gasteiger partial charge in [-0.2, -0.15) is 0 Å². The fraction of sp³-hybridized carbons (Fsp3) is 0.471. The van der Waals surface area contributed by atoms with Gasteiger partial charge in [-0.05, 0) is 36.0 Å². The van der Waals surface area contributed by atoms with Crippen molar-refractivity contribution in [2.75, 3.05) is 46.8 Å². The lowest BCUT2D eigenvalue weighted by molar-refractivity contribution is 0.263. The van der Waals surface area contributed by atoms with Crippen molar-refractivity contribution in [3.8, 4) is 0 Å². The van der Waals surface area contributed by atoms with Crippen LogP contribution in [0, 0.1) is 0 Å².